The van der Waals surface area contributed by atoms with Gasteiger partial charge in [0.1, 0.15) is 0 Å². The molecule has 0 aromatic heterocycles. The number of rotatable bonds is 3. The molecule has 1 N–H and O–H groups in total. The fraction of sp³-hybridized carbons (Fsp3) is 0.263. The van der Waals surface area contributed by atoms with E-state index in [2.05, 4.69) is 5.32 Å². The number of nitrogens with one attached hydrogen (secondary N) is 1. The van der Waals surface area contributed by atoms with E-state index in [1.807, 2.05) is 32.0 Å². The zero-order valence-electron chi connectivity index (χ0n) is 14.0. The van der Waals surface area contributed by atoms with Crippen molar-refractivity contribution in [1.29, 1.82) is 0 Å². The van der Waals surface area contributed by atoms with Gasteiger partial charge in [-0.15, -0.1) is 0 Å². The van der Waals surface area contributed by atoms with Crippen molar-refractivity contribution in [2.45, 2.75) is 20.3 Å². The van der Waals surface area contributed by atoms with Crippen LogP contribution in [0.2, 0.25) is 10.0 Å². The molecule has 0 unspecified atom stereocenters. The third-order valence-electron chi connectivity index (χ3n) is 4.37. The number of carbonyl (C=O) groups is 2. The number of halogens is 2. The van der Waals surface area contributed by atoms with Crippen LogP contribution in [0.1, 0.15) is 17.5 Å². The van der Waals surface area contributed by atoms with Gasteiger partial charge in [-0.2, -0.15) is 0 Å². The second-order valence-electron chi connectivity index (χ2n) is 6.29. The molecular weight excluding hydrogens is 359 g/mol. The normalized spacial score (nSPS) is 17.0. The lowest BCUT2D eigenvalue weighted by molar-refractivity contribution is -0.122. The maximum Gasteiger partial charge on any atom is 0.229 e. The van der Waals surface area contributed by atoms with E-state index in [9.17, 15) is 9.59 Å². The molecule has 0 saturated carbocycles. The molecular formula is C19H18Cl2N2O2. The molecule has 0 bridgehead atoms. The highest BCUT2D eigenvalue weighted by Crippen LogP contribution is 2.36. The summed E-state index contributed by atoms with van der Waals surface area (Å²) in [4.78, 5) is 26.5. The summed E-state index contributed by atoms with van der Waals surface area (Å²) < 4.78 is 0. The standard InChI is InChI=1S/C19H18Cl2N2O2/c1-11-6-7-12(2)15(8-11)22-19(25)13-9-17(24)23(10-13)16-5-3-4-14(20)18(16)21/h3-8,13H,9-10H2,1-2H3,(H,22,25)/t13-/m0/s1. The summed E-state index contributed by atoms with van der Waals surface area (Å²) in [6, 6.07) is 11.0. The minimum absolute atomic E-state index is 0.134. The molecule has 1 aliphatic rings. The fourth-order valence-corrected chi connectivity index (χ4v) is 3.32. The van der Waals surface area contributed by atoms with Crippen LogP contribution in [0.4, 0.5) is 11.4 Å². The van der Waals surface area contributed by atoms with Gasteiger partial charge < -0.3 is 10.2 Å². The van der Waals surface area contributed by atoms with Crippen LogP contribution >= 0.6 is 23.2 Å². The first-order valence-electron chi connectivity index (χ1n) is 7.99. The minimum Gasteiger partial charge on any atom is -0.326 e. The Morgan fingerprint density at radius 2 is 1.96 bits per heavy atom. The first-order valence-corrected chi connectivity index (χ1v) is 8.75. The maximum atomic E-state index is 12.6. The maximum absolute atomic E-state index is 12.6. The van der Waals surface area contributed by atoms with Crippen LogP contribution in [-0.2, 0) is 9.59 Å². The Hall–Kier alpha value is -2.04. The van der Waals surface area contributed by atoms with Crippen molar-refractivity contribution in [1.82, 2.24) is 0 Å². The van der Waals surface area contributed by atoms with E-state index in [1.54, 1.807) is 18.2 Å². The summed E-state index contributed by atoms with van der Waals surface area (Å²) in [5, 5.41) is 3.65. The Kier molecular flexibility index (Phi) is 5.02. The van der Waals surface area contributed by atoms with Crippen LogP contribution in [0.25, 0.3) is 0 Å². The molecule has 0 spiro atoms. The van der Waals surface area contributed by atoms with Crippen molar-refractivity contribution >= 4 is 46.4 Å². The summed E-state index contributed by atoms with van der Waals surface area (Å²) in [5.41, 5.74) is 3.37. The Morgan fingerprint density at radius 3 is 2.72 bits per heavy atom. The lowest BCUT2D eigenvalue weighted by atomic mass is 10.1. The van der Waals surface area contributed by atoms with E-state index in [4.69, 9.17) is 23.2 Å². The van der Waals surface area contributed by atoms with E-state index in [1.165, 1.54) is 4.90 Å². The molecule has 2 aromatic rings. The van der Waals surface area contributed by atoms with Gasteiger partial charge in [0.25, 0.3) is 0 Å². The van der Waals surface area contributed by atoms with Gasteiger partial charge >= 0.3 is 0 Å². The number of hydrogen-bond acceptors (Lipinski definition) is 2. The van der Waals surface area contributed by atoms with Crippen LogP contribution in [0, 0.1) is 19.8 Å². The smallest absolute Gasteiger partial charge is 0.229 e. The van der Waals surface area contributed by atoms with Crippen LogP contribution in [0.5, 0.6) is 0 Å². The Balaban J connectivity index is 1.77. The number of anilines is 2. The molecule has 1 atom stereocenters. The van der Waals surface area contributed by atoms with Crippen LogP contribution in [0.15, 0.2) is 36.4 Å². The van der Waals surface area contributed by atoms with Crippen molar-refractivity contribution in [3.63, 3.8) is 0 Å². The number of amides is 2. The lowest BCUT2D eigenvalue weighted by Crippen LogP contribution is -2.28. The molecule has 25 heavy (non-hydrogen) atoms. The summed E-state index contributed by atoms with van der Waals surface area (Å²) in [5.74, 6) is -0.726. The topological polar surface area (TPSA) is 49.4 Å². The average Bonchev–Trinajstić information content (AvgIpc) is 2.95. The predicted molar refractivity (Wildman–Crippen MR) is 101 cm³/mol. The minimum atomic E-state index is -0.428. The van der Waals surface area contributed by atoms with Crippen molar-refractivity contribution in [3.8, 4) is 0 Å². The van der Waals surface area contributed by atoms with Gasteiger partial charge in [-0.25, -0.2) is 0 Å². The molecule has 3 rings (SSSR count). The van der Waals surface area contributed by atoms with Crippen molar-refractivity contribution in [3.05, 3.63) is 57.6 Å². The molecule has 6 heteroatoms. The lowest BCUT2D eigenvalue weighted by Gasteiger charge is -2.19. The van der Waals surface area contributed by atoms with Gasteiger partial charge in [-0.05, 0) is 43.2 Å². The third-order valence-corrected chi connectivity index (χ3v) is 5.18. The van der Waals surface area contributed by atoms with Crippen LogP contribution in [0.3, 0.4) is 0 Å². The second-order valence-corrected chi connectivity index (χ2v) is 7.07. The second kappa shape index (κ2) is 7.06. The number of carbonyl (C=O) groups excluding carboxylic acids is 2. The number of benzene rings is 2. The van der Waals surface area contributed by atoms with Gasteiger partial charge in [-0.3, -0.25) is 9.59 Å². The van der Waals surface area contributed by atoms with E-state index in [0.29, 0.717) is 15.7 Å². The van der Waals surface area contributed by atoms with Gasteiger partial charge in [0.2, 0.25) is 11.8 Å². The largest absolute Gasteiger partial charge is 0.326 e. The zero-order chi connectivity index (χ0) is 18.1. The Labute approximate surface area is 156 Å². The zero-order valence-corrected chi connectivity index (χ0v) is 15.5. The molecule has 2 aromatic carbocycles. The fourth-order valence-electron chi connectivity index (χ4n) is 2.92. The number of nitrogens with zero attached hydrogens (tertiary/aromatic N) is 1. The quantitative estimate of drug-likeness (QED) is 0.850. The third kappa shape index (κ3) is 3.65. The van der Waals surface area contributed by atoms with Crippen molar-refractivity contribution in [2.24, 2.45) is 5.92 Å². The molecule has 1 heterocycles. The van der Waals surface area contributed by atoms with Crippen molar-refractivity contribution < 1.29 is 9.59 Å². The van der Waals surface area contributed by atoms with E-state index < -0.39 is 5.92 Å². The first kappa shape index (κ1) is 17.8. The van der Waals surface area contributed by atoms with Crippen LogP contribution < -0.4 is 10.2 Å². The summed E-state index contributed by atoms with van der Waals surface area (Å²) in [6.45, 7) is 4.19. The molecule has 0 aliphatic carbocycles. The molecule has 0 radical (unpaired) electrons. The molecule has 2 amide bonds. The van der Waals surface area contributed by atoms with E-state index in [-0.39, 0.29) is 24.8 Å². The molecule has 1 fully saturated rings. The Bertz CT molecular complexity index is 851. The van der Waals surface area contributed by atoms with Crippen molar-refractivity contribution in [2.75, 3.05) is 16.8 Å². The highest BCUT2D eigenvalue weighted by atomic mass is 35.5. The van der Waals surface area contributed by atoms with E-state index in [0.717, 1.165) is 16.8 Å². The predicted octanol–water partition coefficient (Wildman–Crippen LogP) is 4.60. The van der Waals surface area contributed by atoms with Gasteiger partial charge in [-0.1, -0.05) is 41.4 Å². The molecule has 130 valence electrons. The monoisotopic (exact) mass is 376 g/mol. The average molecular weight is 377 g/mol. The number of hydrogen-bond donors (Lipinski definition) is 1. The highest BCUT2D eigenvalue weighted by molar-refractivity contribution is 6.44. The Morgan fingerprint density at radius 1 is 1.20 bits per heavy atom. The van der Waals surface area contributed by atoms with E-state index >= 15 is 0 Å². The molecule has 4 nitrogen and oxygen atoms in total. The first-order chi connectivity index (χ1) is 11.9. The number of aryl methyl sites for hydroxylation is 2. The summed E-state index contributed by atoms with van der Waals surface area (Å²) >= 11 is 12.2. The van der Waals surface area contributed by atoms with Gasteiger partial charge in [0.15, 0.2) is 0 Å². The van der Waals surface area contributed by atoms with Gasteiger partial charge in [0.05, 0.1) is 21.7 Å². The van der Waals surface area contributed by atoms with Crippen LogP contribution in [-0.4, -0.2) is 18.4 Å². The molecule has 1 saturated heterocycles. The molecule has 1 aliphatic heterocycles. The SMILES string of the molecule is Cc1ccc(C)c(NC(=O)[C@H]2CC(=O)N(c3cccc(Cl)c3Cl)C2)c1. The highest BCUT2D eigenvalue weighted by Gasteiger charge is 2.36. The summed E-state index contributed by atoms with van der Waals surface area (Å²) in [6.07, 6.45) is 0.152. The van der Waals surface area contributed by atoms with Gasteiger partial charge in [0, 0.05) is 18.7 Å². The summed E-state index contributed by atoms with van der Waals surface area (Å²) in [7, 11) is 0.